The summed E-state index contributed by atoms with van der Waals surface area (Å²) >= 11 is 6.01. The van der Waals surface area contributed by atoms with Gasteiger partial charge in [0.15, 0.2) is 0 Å². The summed E-state index contributed by atoms with van der Waals surface area (Å²) in [6.45, 7) is 6.39. The lowest BCUT2D eigenvalue weighted by Gasteiger charge is -2.20. The molecule has 0 bridgehead atoms. The van der Waals surface area contributed by atoms with Gasteiger partial charge in [0.05, 0.1) is 10.7 Å². The van der Waals surface area contributed by atoms with Crippen LogP contribution >= 0.6 is 11.6 Å². The Morgan fingerprint density at radius 1 is 1.39 bits per heavy atom. The standard InChI is InChI=1S/C13H20ClN3O/c1-13(2,3)17-12(18)6-7-16-11-5-4-9(15)8-10(11)14/h4-5,8,16H,6-7,15H2,1-3H3,(H,17,18). The number of amides is 1. The molecule has 5 heteroatoms. The van der Waals surface area contributed by atoms with E-state index in [0.717, 1.165) is 5.69 Å². The largest absolute Gasteiger partial charge is 0.399 e. The Hall–Kier alpha value is -1.42. The SMILES string of the molecule is CC(C)(C)NC(=O)CCNc1ccc(N)cc1Cl. The van der Waals surface area contributed by atoms with Gasteiger partial charge in [-0.25, -0.2) is 0 Å². The van der Waals surface area contributed by atoms with Crippen LogP contribution in [-0.2, 0) is 4.79 Å². The second kappa shape index (κ2) is 5.96. The van der Waals surface area contributed by atoms with Crippen molar-refractivity contribution in [3.05, 3.63) is 23.2 Å². The molecule has 1 aromatic carbocycles. The van der Waals surface area contributed by atoms with E-state index in [4.69, 9.17) is 17.3 Å². The molecule has 0 spiro atoms. The van der Waals surface area contributed by atoms with E-state index >= 15 is 0 Å². The van der Waals surface area contributed by atoms with E-state index in [1.807, 2.05) is 20.8 Å². The molecule has 0 atom stereocenters. The molecule has 0 aliphatic carbocycles. The van der Waals surface area contributed by atoms with E-state index in [1.54, 1.807) is 18.2 Å². The van der Waals surface area contributed by atoms with Gasteiger partial charge in [-0.3, -0.25) is 4.79 Å². The number of anilines is 2. The molecular formula is C13H20ClN3O. The zero-order chi connectivity index (χ0) is 13.8. The van der Waals surface area contributed by atoms with Crippen LogP contribution in [-0.4, -0.2) is 18.0 Å². The normalized spacial score (nSPS) is 11.1. The third-order valence-electron chi connectivity index (χ3n) is 2.18. The van der Waals surface area contributed by atoms with Crippen molar-refractivity contribution in [2.45, 2.75) is 32.7 Å². The molecular weight excluding hydrogens is 250 g/mol. The number of carbonyl (C=O) groups is 1. The number of nitrogens with two attached hydrogens (primary N) is 1. The van der Waals surface area contributed by atoms with Crippen molar-refractivity contribution < 1.29 is 4.79 Å². The minimum absolute atomic E-state index is 0.0153. The van der Waals surface area contributed by atoms with Gasteiger partial charge in [-0.05, 0) is 39.0 Å². The van der Waals surface area contributed by atoms with Gasteiger partial charge in [-0.2, -0.15) is 0 Å². The molecule has 0 radical (unpaired) electrons. The summed E-state index contributed by atoms with van der Waals surface area (Å²) in [7, 11) is 0. The van der Waals surface area contributed by atoms with Gasteiger partial charge in [-0.15, -0.1) is 0 Å². The van der Waals surface area contributed by atoms with Gasteiger partial charge < -0.3 is 16.4 Å². The van der Waals surface area contributed by atoms with Crippen molar-refractivity contribution in [3.63, 3.8) is 0 Å². The van der Waals surface area contributed by atoms with Gasteiger partial charge in [-0.1, -0.05) is 11.6 Å². The smallest absolute Gasteiger partial charge is 0.222 e. The number of hydrogen-bond donors (Lipinski definition) is 3. The molecule has 1 aromatic rings. The highest BCUT2D eigenvalue weighted by Gasteiger charge is 2.13. The Balaban J connectivity index is 2.40. The number of nitrogen functional groups attached to an aromatic ring is 1. The van der Waals surface area contributed by atoms with Gasteiger partial charge in [0.1, 0.15) is 0 Å². The van der Waals surface area contributed by atoms with Crippen molar-refractivity contribution in [1.82, 2.24) is 5.32 Å². The Labute approximate surface area is 113 Å². The zero-order valence-corrected chi connectivity index (χ0v) is 11.8. The number of carbonyl (C=O) groups excluding carboxylic acids is 1. The molecule has 1 rings (SSSR count). The first-order valence-corrected chi connectivity index (χ1v) is 6.25. The Morgan fingerprint density at radius 3 is 2.61 bits per heavy atom. The molecule has 18 heavy (non-hydrogen) atoms. The number of nitrogens with one attached hydrogen (secondary N) is 2. The van der Waals surface area contributed by atoms with Crippen molar-refractivity contribution >= 4 is 28.9 Å². The first kappa shape index (κ1) is 14.6. The van der Waals surface area contributed by atoms with Gasteiger partial charge in [0.2, 0.25) is 5.91 Å². The van der Waals surface area contributed by atoms with Crippen LogP contribution in [0.5, 0.6) is 0 Å². The molecule has 0 fully saturated rings. The first-order valence-electron chi connectivity index (χ1n) is 5.88. The van der Waals surface area contributed by atoms with Crippen LogP contribution < -0.4 is 16.4 Å². The third kappa shape index (κ3) is 5.27. The van der Waals surface area contributed by atoms with Crippen LogP contribution in [0.1, 0.15) is 27.2 Å². The quantitative estimate of drug-likeness (QED) is 0.736. The maximum absolute atomic E-state index is 11.6. The fraction of sp³-hybridized carbons (Fsp3) is 0.462. The van der Waals surface area contributed by atoms with E-state index in [9.17, 15) is 4.79 Å². The Kier molecular flexibility index (Phi) is 4.84. The predicted molar refractivity (Wildman–Crippen MR) is 76.9 cm³/mol. The van der Waals surface area contributed by atoms with E-state index in [1.165, 1.54) is 0 Å². The van der Waals surface area contributed by atoms with E-state index < -0.39 is 0 Å². The number of halogens is 1. The molecule has 0 saturated carbocycles. The van der Waals surface area contributed by atoms with Crippen LogP contribution in [0.15, 0.2) is 18.2 Å². The van der Waals surface area contributed by atoms with E-state index in [-0.39, 0.29) is 11.4 Å². The highest BCUT2D eigenvalue weighted by atomic mass is 35.5. The van der Waals surface area contributed by atoms with Crippen LogP contribution in [0.25, 0.3) is 0 Å². The van der Waals surface area contributed by atoms with E-state index in [2.05, 4.69) is 10.6 Å². The second-order valence-electron chi connectivity index (χ2n) is 5.21. The minimum atomic E-state index is -0.198. The lowest BCUT2D eigenvalue weighted by molar-refractivity contribution is -0.122. The molecule has 100 valence electrons. The molecule has 0 saturated heterocycles. The van der Waals surface area contributed by atoms with Gasteiger partial charge >= 0.3 is 0 Å². The Morgan fingerprint density at radius 2 is 2.06 bits per heavy atom. The molecule has 0 unspecified atom stereocenters. The summed E-state index contributed by atoms with van der Waals surface area (Å²) in [5, 5.41) is 6.57. The third-order valence-corrected chi connectivity index (χ3v) is 2.49. The fourth-order valence-electron chi connectivity index (χ4n) is 1.47. The second-order valence-corrected chi connectivity index (χ2v) is 5.62. The summed E-state index contributed by atoms with van der Waals surface area (Å²) in [5.74, 6) is 0.0153. The topological polar surface area (TPSA) is 67.2 Å². The van der Waals surface area contributed by atoms with Crippen molar-refractivity contribution in [2.24, 2.45) is 0 Å². The average molecular weight is 270 g/mol. The average Bonchev–Trinajstić information content (AvgIpc) is 2.18. The molecule has 0 aromatic heterocycles. The van der Waals surface area contributed by atoms with Crippen LogP contribution in [0.2, 0.25) is 5.02 Å². The van der Waals surface area contributed by atoms with Crippen LogP contribution in [0.4, 0.5) is 11.4 Å². The summed E-state index contributed by atoms with van der Waals surface area (Å²) in [6, 6.07) is 5.25. The minimum Gasteiger partial charge on any atom is -0.399 e. The van der Waals surface area contributed by atoms with Gasteiger partial charge in [0.25, 0.3) is 0 Å². The molecule has 0 aliphatic rings. The highest BCUT2D eigenvalue weighted by Crippen LogP contribution is 2.23. The predicted octanol–water partition coefficient (Wildman–Crippen LogP) is 2.64. The molecule has 4 N–H and O–H groups in total. The molecule has 4 nitrogen and oxygen atoms in total. The lowest BCUT2D eigenvalue weighted by atomic mass is 10.1. The maximum atomic E-state index is 11.6. The zero-order valence-electron chi connectivity index (χ0n) is 11.0. The number of hydrogen-bond acceptors (Lipinski definition) is 3. The van der Waals surface area contributed by atoms with Crippen LogP contribution in [0, 0.1) is 0 Å². The van der Waals surface area contributed by atoms with Crippen molar-refractivity contribution in [1.29, 1.82) is 0 Å². The number of rotatable bonds is 4. The molecule has 0 aliphatic heterocycles. The van der Waals surface area contributed by atoms with Gasteiger partial charge in [0, 0.05) is 24.2 Å². The Bertz CT molecular complexity index is 427. The highest BCUT2D eigenvalue weighted by molar-refractivity contribution is 6.33. The summed E-state index contributed by atoms with van der Waals surface area (Å²) in [6.07, 6.45) is 0.401. The fourth-order valence-corrected chi connectivity index (χ4v) is 1.72. The molecule has 0 heterocycles. The summed E-state index contributed by atoms with van der Waals surface area (Å²) < 4.78 is 0. The first-order chi connectivity index (χ1) is 8.28. The molecule has 1 amide bonds. The van der Waals surface area contributed by atoms with Crippen molar-refractivity contribution in [2.75, 3.05) is 17.6 Å². The van der Waals surface area contributed by atoms with Crippen LogP contribution in [0.3, 0.4) is 0 Å². The maximum Gasteiger partial charge on any atom is 0.222 e. The lowest BCUT2D eigenvalue weighted by Crippen LogP contribution is -2.41. The van der Waals surface area contributed by atoms with E-state index in [0.29, 0.717) is 23.7 Å². The number of benzene rings is 1. The monoisotopic (exact) mass is 269 g/mol. The summed E-state index contributed by atoms with van der Waals surface area (Å²) in [4.78, 5) is 11.6. The van der Waals surface area contributed by atoms with Crippen molar-refractivity contribution in [3.8, 4) is 0 Å². The summed E-state index contributed by atoms with van der Waals surface area (Å²) in [5.41, 5.74) is 6.81.